The van der Waals surface area contributed by atoms with Gasteiger partial charge in [0.25, 0.3) is 5.91 Å². The number of rotatable bonds is 2. The second-order valence-corrected chi connectivity index (χ2v) is 4.34. The predicted octanol–water partition coefficient (Wildman–Crippen LogP) is 2.35. The molecule has 0 bridgehead atoms. The first-order chi connectivity index (χ1) is 8.99. The number of nitrogens with one attached hydrogen (secondary N) is 1. The van der Waals surface area contributed by atoms with Crippen molar-refractivity contribution in [3.8, 4) is 0 Å². The number of aromatic nitrogens is 2. The van der Waals surface area contributed by atoms with Crippen LogP contribution in [0.4, 0.5) is 20.3 Å². The topological polar surface area (TPSA) is 80.9 Å². The Kier molecular flexibility index (Phi) is 3.70. The van der Waals surface area contributed by atoms with Gasteiger partial charge in [0.2, 0.25) is 0 Å². The molecule has 1 aromatic carbocycles. The first-order valence-electron chi connectivity index (χ1n) is 5.01. The number of halogens is 3. The first-order valence-corrected chi connectivity index (χ1v) is 5.80. The van der Waals surface area contributed by atoms with Crippen LogP contribution in [0.3, 0.4) is 0 Å². The number of nitrogens with zero attached hydrogens (tertiary/aromatic N) is 2. The molecular weight excluding hydrogens is 322 g/mol. The summed E-state index contributed by atoms with van der Waals surface area (Å²) in [7, 11) is 0. The van der Waals surface area contributed by atoms with E-state index < -0.39 is 17.5 Å². The normalized spacial score (nSPS) is 10.3. The van der Waals surface area contributed by atoms with Gasteiger partial charge >= 0.3 is 0 Å². The maximum atomic E-state index is 13.5. The number of hydrogen-bond acceptors (Lipinski definition) is 4. The summed E-state index contributed by atoms with van der Waals surface area (Å²) in [5.74, 6) is -2.49. The van der Waals surface area contributed by atoms with Crippen LogP contribution in [0.5, 0.6) is 0 Å². The second kappa shape index (κ2) is 5.27. The molecule has 0 aliphatic rings. The van der Waals surface area contributed by atoms with Crippen molar-refractivity contribution in [2.75, 3.05) is 11.1 Å². The Labute approximate surface area is 115 Å². The van der Waals surface area contributed by atoms with Gasteiger partial charge in [-0.3, -0.25) is 4.79 Å². The predicted molar refractivity (Wildman–Crippen MR) is 68.5 cm³/mol. The summed E-state index contributed by atoms with van der Waals surface area (Å²) in [6.45, 7) is 0. The molecule has 2 aromatic rings. The summed E-state index contributed by atoms with van der Waals surface area (Å²) in [4.78, 5) is 19.2. The fourth-order valence-corrected chi connectivity index (χ4v) is 1.67. The highest BCUT2D eigenvalue weighted by atomic mass is 79.9. The minimum Gasteiger partial charge on any atom is -0.382 e. The van der Waals surface area contributed by atoms with E-state index in [0.717, 1.165) is 6.07 Å². The van der Waals surface area contributed by atoms with Gasteiger partial charge in [-0.25, -0.2) is 18.7 Å². The Morgan fingerprint density at radius 3 is 2.58 bits per heavy atom. The van der Waals surface area contributed by atoms with E-state index in [1.807, 2.05) is 0 Å². The number of amides is 1. The molecule has 19 heavy (non-hydrogen) atoms. The lowest BCUT2D eigenvalue weighted by Crippen LogP contribution is -2.17. The van der Waals surface area contributed by atoms with Crippen molar-refractivity contribution in [2.45, 2.75) is 0 Å². The van der Waals surface area contributed by atoms with Gasteiger partial charge in [-0.1, -0.05) is 0 Å². The van der Waals surface area contributed by atoms with Gasteiger partial charge in [0.05, 0.1) is 10.2 Å². The fraction of sp³-hybridized carbons (Fsp3) is 0. The molecule has 0 aliphatic carbocycles. The molecule has 0 aliphatic heterocycles. The first kappa shape index (κ1) is 13.3. The molecule has 1 aromatic heterocycles. The van der Waals surface area contributed by atoms with Crippen molar-refractivity contribution in [1.82, 2.24) is 9.97 Å². The van der Waals surface area contributed by atoms with Gasteiger partial charge in [-0.2, -0.15) is 0 Å². The standard InChI is InChI=1S/C11H7BrF2N4O/c12-5-3-8(7(14)4-6(5)13)18-11(19)9-10(15)17-2-1-16-9/h1-4H,(H2,15,17)(H,18,19). The summed E-state index contributed by atoms with van der Waals surface area (Å²) >= 11 is 2.90. The molecule has 0 atom stereocenters. The third-order valence-electron chi connectivity index (χ3n) is 2.20. The largest absolute Gasteiger partial charge is 0.382 e. The van der Waals surface area contributed by atoms with Crippen LogP contribution in [0.2, 0.25) is 0 Å². The summed E-state index contributed by atoms with van der Waals surface area (Å²) in [5, 5.41) is 2.24. The lowest BCUT2D eigenvalue weighted by molar-refractivity contribution is 0.102. The third kappa shape index (κ3) is 2.84. The third-order valence-corrected chi connectivity index (χ3v) is 2.81. The van der Waals surface area contributed by atoms with Crippen molar-refractivity contribution in [3.63, 3.8) is 0 Å². The van der Waals surface area contributed by atoms with E-state index in [-0.39, 0.29) is 21.7 Å². The van der Waals surface area contributed by atoms with E-state index in [1.54, 1.807) is 0 Å². The minimum absolute atomic E-state index is 0.0244. The van der Waals surface area contributed by atoms with Gasteiger partial charge in [0.15, 0.2) is 11.5 Å². The van der Waals surface area contributed by atoms with Gasteiger partial charge in [0.1, 0.15) is 11.6 Å². The molecule has 0 saturated heterocycles. The van der Waals surface area contributed by atoms with E-state index in [4.69, 9.17) is 5.73 Å². The van der Waals surface area contributed by atoms with Crippen molar-refractivity contribution >= 4 is 33.3 Å². The zero-order valence-electron chi connectivity index (χ0n) is 9.32. The van der Waals surface area contributed by atoms with Crippen LogP contribution in [0, 0.1) is 11.6 Å². The number of nitrogens with two attached hydrogens (primary N) is 1. The fourth-order valence-electron chi connectivity index (χ4n) is 1.32. The van der Waals surface area contributed by atoms with Crippen molar-refractivity contribution in [3.05, 3.63) is 46.3 Å². The van der Waals surface area contributed by atoms with E-state index in [0.29, 0.717) is 6.07 Å². The monoisotopic (exact) mass is 328 g/mol. The number of carbonyl (C=O) groups is 1. The lowest BCUT2D eigenvalue weighted by atomic mass is 10.2. The van der Waals surface area contributed by atoms with Crippen LogP contribution >= 0.6 is 15.9 Å². The molecular formula is C11H7BrF2N4O. The van der Waals surface area contributed by atoms with Crippen LogP contribution in [-0.4, -0.2) is 15.9 Å². The number of anilines is 2. The number of benzene rings is 1. The zero-order chi connectivity index (χ0) is 14.0. The number of carbonyl (C=O) groups excluding carboxylic acids is 1. The molecule has 0 fully saturated rings. The Morgan fingerprint density at radius 2 is 1.89 bits per heavy atom. The summed E-state index contributed by atoms with van der Waals surface area (Å²) in [5.41, 5.74) is 5.14. The van der Waals surface area contributed by atoms with E-state index in [9.17, 15) is 13.6 Å². The van der Waals surface area contributed by atoms with E-state index in [2.05, 4.69) is 31.2 Å². The van der Waals surface area contributed by atoms with Gasteiger partial charge in [-0.15, -0.1) is 0 Å². The molecule has 98 valence electrons. The van der Waals surface area contributed by atoms with Crippen LogP contribution < -0.4 is 11.1 Å². The van der Waals surface area contributed by atoms with Crippen molar-refractivity contribution in [2.24, 2.45) is 0 Å². The lowest BCUT2D eigenvalue weighted by Gasteiger charge is -2.07. The van der Waals surface area contributed by atoms with Crippen LogP contribution in [-0.2, 0) is 0 Å². The number of nitrogen functional groups attached to an aromatic ring is 1. The quantitative estimate of drug-likeness (QED) is 0.829. The molecule has 1 amide bonds. The Bertz CT molecular complexity index is 651. The highest BCUT2D eigenvalue weighted by Crippen LogP contribution is 2.24. The van der Waals surface area contributed by atoms with Crippen LogP contribution in [0.15, 0.2) is 29.0 Å². The maximum absolute atomic E-state index is 13.5. The van der Waals surface area contributed by atoms with Crippen molar-refractivity contribution in [1.29, 1.82) is 0 Å². The van der Waals surface area contributed by atoms with E-state index in [1.165, 1.54) is 12.4 Å². The highest BCUT2D eigenvalue weighted by Gasteiger charge is 2.15. The Balaban J connectivity index is 2.30. The Morgan fingerprint density at radius 1 is 1.21 bits per heavy atom. The molecule has 2 rings (SSSR count). The van der Waals surface area contributed by atoms with Gasteiger partial charge in [0, 0.05) is 18.5 Å². The molecule has 0 spiro atoms. The molecule has 0 saturated carbocycles. The SMILES string of the molecule is Nc1nccnc1C(=O)Nc1cc(Br)c(F)cc1F. The molecule has 0 unspecified atom stereocenters. The van der Waals surface area contributed by atoms with Crippen LogP contribution in [0.1, 0.15) is 10.5 Å². The zero-order valence-corrected chi connectivity index (χ0v) is 10.9. The average Bonchev–Trinajstić information content (AvgIpc) is 2.36. The molecule has 3 N–H and O–H groups in total. The molecule has 1 heterocycles. The number of hydrogen-bond donors (Lipinski definition) is 2. The van der Waals surface area contributed by atoms with E-state index >= 15 is 0 Å². The summed E-state index contributed by atoms with van der Waals surface area (Å²) in [6.07, 6.45) is 2.60. The minimum atomic E-state index is -0.906. The maximum Gasteiger partial charge on any atom is 0.278 e. The average molecular weight is 329 g/mol. The Hall–Kier alpha value is -2.09. The summed E-state index contributed by atoms with van der Waals surface area (Å²) < 4.78 is 26.5. The van der Waals surface area contributed by atoms with Gasteiger partial charge in [-0.05, 0) is 22.0 Å². The van der Waals surface area contributed by atoms with Crippen LogP contribution in [0.25, 0.3) is 0 Å². The second-order valence-electron chi connectivity index (χ2n) is 3.49. The molecule has 5 nitrogen and oxygen atoms in total. The molecule has 8 heteroatoms. The van der Waals surface area contributed by atoms with Crippen molar-refractivity contribution < 1.29 is 13.6 Å². The van der Waals surface area contributed by atoms with Gasteiger partial charge < -0.3 is 11.1 Å². The molecule has 0 radical (unpaired) electrons. The summed E-state index contributed by atoms with van der Waals surface area (Å²) in [6, 6.07) is 1.76. The smallest absolute Gasteiger partial charge is 0.278 e. The highest BCUT2D eigenvalue weighted by molar-refractivity contribution is 9.10.